The Hall–Kier alpha value is -0.653. The van der Waals surface area contributed by atoms with Gasteiger partial charge in [0.15, 0.2) is 8.32 Å². The van der Waals surface area contributed by atoms with Gasteiger partial charge in [-0.1, -0.05) is 6.07 Å². The van der Waals surface area contributed by atoms with Crippen LogP contribution in [0.1, 0.15) is 17.4 Å². The molecule has 1 atom stereocenters. The summed E-state index contributed by atoms with van der Waals surface area (Å²) in [6.45, 7) is 6.19. The van der Waals surface area contributed by atoms with E-state index in [0.29, 0.717) is 0 Å². The first-order valence-electron chi connectivity index (χ1n) is 4.81. The smallest absolute Gasteiger partial charge is 0.306 e. The Labute approximate surface area is 94.8 Å². The molecule has 1 heterocycles. The molecule has 1 aromatic rings. The fraction of sp³-hybridized carbons (Fsp3) is 0.500. The molecule has 5 heteroatoms. The van der Waals surface area contributed by atoms with Gasteiger partial charge in [0.1, 0.15) is 0 Å². The molecule has 0 saturated heterocycles. The maximum absolute atomic E-state index is 10.7. The third kappa shape index (κ3) is 4.59. The number of carboxylic acid groups (broad SMARTS) is 1. The summed E-state index contributed by atoms with van der Waals surface area (Å²) in [6, 6.07) is 3.85. The minimum Gasteiger partial charge on any atom is -0.481 e. The van der Waals surface area contributed by atoms with Gasteiger partial charge in [-0.15, -0.1) is 11.3 Å². The lowest BCUT2D eigenvalue weighted by atomic mass is 10.2. The molecule has 0 saturated carbocycles. The van der Waals surface area contributed by atoms with Gasteiger partial charge in [-0.25, -0.2) is 0 Å². The van der Waals surface area contributed by atoms with Gasteiger partial charge in [-0.05, 0) is 31.1 Å². The zero-order valence-corrected chi connectivity index (χ0v) is 11.0. The molecule has 1 aromatic heterocycles. The van der Waals surface area contributed by atoms with Gasteiger partial charge >= 0.3 is 5.97 Å². The highest BCUT2D eigenvalue weighted by atomic mass is 32.1. The molecule has 0 aromatic carbocycles. The van der Waals surface area contributed by atoms with E-state index in [4.69, 9.17) is 9.53 Å². The molecular weight excluding hydrogens is 228 g/mol. The minimum atomic E-state index is -1.70. The molecule has 0 aliphatic heterocycles. The van der Waals surface area contributed by atoms with Crippen LogP contribution in [0.25, 0.3) is 0 Å². The topological polar surface area (TPSA) is 46.5 Å². The molecule has 1 unspecified atom stereocenters. The maximum atomic E-state index is 10.7. The standard InChI is InChI=1S/C10H16O3SSi/c1-15(2,3)13-8(7-10(11)12)9-5-4-6-14-9/h4-6,8H,7H2,1-3H3,(H,11,12). The molecule has 0 bridgehead atoms. The Morgan fingerprint density at radius 1 is 1.60 bits per heavy atom. The molecule has 15 heavy (non-hydrogen) atoms. The number of aliphatic carboxylic acids is 1. The van der Waals surface area contributed by atoms with Crippen molar-refractivity contribution in [2.24, 2.45) is 0 Å². The van der Waals surface area contributed by atoms with Crippen LogP contribution in [0.15, 0.2) is 17.5 Å². The molecule has 0 radical (unpaired) electrons. The SMILES string of the molecule is C[Si](C)(C)OC(CC(=O)O)c1cccs1. The van der Waals surface area contributed by atoms with E-state index >= 15 is 0 Å². The monoisotopic (exact) mass is 244 g/mol. The lowest BCUT2D eigenvalue weighted by Gasteiger charge is -2.24. The van der Waals surface area contributed by atoms with Crippen LogP contribution in [-0.4, -0.2) is 19.4 Å². The van der Waals surface area contributed by atoms with E-state index in [9.17, 15) is 4.79 Å². The minimum absolute atomic E-state index is 0.0464. The van der Waals surface area contributed by atoms with Crippen LogP contribution in [0.3, 0.4) is 0 Å². The third-order valence-electron chi connectivity index (χ3n) is 1.72. The third-order valence-corrected chi connectivity index (χ3v) is 3.67. The van der Waals surface area contributed by atoms with Crippen molar-refractivity contribution >= 4 is 25.6 Å². The Kier molecular flexibility index (Phi) is 4.07. The second-order valence-corrected chi connectivity index (χ2v) is 9.77. The second-order valence-electron chi connectivity index (χ2n) is 4.33. The lowest BCUT2D eigenvalue weighted by molar-refractivity contribution is -0.138. The van der Waals surface area contributed by atoms with Crippen LogP contribution in [0, 0.1) is 0 Å². The second kappa shape index (κ2) is 4.91. The Bertz CT molecular complexity index is 316. The van der Waals surface area contributed by atoms with Gasteiger partial charge in [0, 0.05) is 4.88 Å². The zero-order chi connectivity index (χ0) is 11.5. The van der Waals surface area contributed by atoms with Crippen LogP contribution in [-0.2, 0) is 9.22 Å². The van der Waals surface area contributed by atoms with E-state index in [2.05, 4.69) is 19.6 Å². The molecule has 1 N–H and O–H groups in total. The highest BCUT2D eigenvalue weighted by Gasteiger charge is 2.24. The molecule has 84 valence electrons. The number of carbonyl (C=O) groups is 1. The molecule has 0 fully saturated rings. The van der Waals surface area contributed by atoms with E-state index in [1.807, 2.05) is 17.5 Å². The summed E-state index contributed by atoms with van der Waals surface area (Å²) in [5, 5.41) is 10.8. The predicted octanol–water partition coefficient (Wildman–Crippen LogP) is 3.12. The maximum Gasteiger partial charge on any atom is 0.306 e. The van der Waals surface area contributed by atoms with Crippen molar-refractivity contribution in [2.45, 2.75) is 32.2 Å². The van der Waals surface area contributed by atoms with Crippen molar-refractivity contribution < 1.29 is 14.3 Å². The van der Waals surface area contributed by atoms with E-state index in [0.717, 1.165) is 4.88 Å². The van der Waals surface area contributed by atoms with Crippen molar-refractivity contribution in [2.75, 3.05) is 0 Å². The van der Waals surface area contributed by atoms with Crippen molar-refractivity contribution in [3.63, 3.8) is 0 Å². The quantitative estimate of drug-likeness (QED) is 0.809. The summed E-state index contributed by atoms with van der Waals surface area (Å²) in [5.41, 5.74) is 0. The van der Waals surface area contributed by atoms with E-state index < -0.39 is 14.3 Å². The highest BCUT2D eigenvalue weighted by Crippen LogP contribution is 2.28. The summed E-state index contributed by atoms with van der Waals surface area (Å²) < 4.78 is 5.86. The van der Waals surface area contributed by atoms with E-state index in [-0.39, 0.29) is 12.5 Å². The van der Waals surface area contributed by atoms with Gasteiger partial charge in [-0.3, -0.25) is 4.79 Å². The highest BCUT2D eigenvalue weighted by molar-refractivity contribution is 7.10. The fourth-order valence-electron chi connectivity index (χ4n) is 1.26. The summed E-state index contributed by atoms with van der Waals surface area (Å²) in [4.78, 5) is 11.7. The first-order valence-corrected chi connectivity index (χ1v) is 9.10. The van der Waals surface area contributed by atoms with Gasteiger partial charge in [0.05, 0.1) is 12.5 Å². The predicted molar refractivity (Wildman–Crippen MR) is 63.7 cm³/mol. The summed E-state index contributed by atoms with van der Waals surface area (Å²) in [5.74, 6) is -0.813. The van der Waals surface area contributed by atoms with Crippen LogP contribution in [0.5, 0.6) is 0 Å². The normalized spacial score (nSPS) is 13.8. The van der Waals surface area contributed by atoms with Crippen LogP contribution >= 0.6 is 11.3 Å². The first kappa shape index (κ1) is 12.4. The van der Waals surface area contributed by atoms with Crippen molar-refractivity contribution in [1.82, 2.24) is 0 Å². The number of carboxylic acids is 1. The number of rotatable bonds is 5. The van der Waals surface area contributed by atoms with Gasteiger partial charge in [-0.2, -0.15) is 0 Å². The Morgan fingerprint density at radius 2 is 2.27 bits per heavy atom. The summed E-state index contributed by atoms with van der Waals surface area (Å²) in [6.07, 6.45) is -0.237. The van der Waals surface area contributed by atoms with Gasteiger partial charge in [0.2, 0.25) is 0 Å². The fourth-order valence-corrected chi connectivity index (χ4v) is 3.16. The van der Waals surface area contributed by atoms with E-state index in [1.165, 1.54) is 0 Å². The largest absolute Gasteiger partial charge is 0.481 e. The number of hydrogen-bond donors (Lipinski definition) is 1. The average Bonchev–Trinajstić information content (AvgIpc) is 2.50. The molecule has 0 amide bonds. The zero-order valence-electron chi connectivity index (χ0n) is 9.19. The van der Waals surface area contributed by atoms with E-state index in [1.54, 1.807) is 11.3 Å². The molecule has 0 aliphatic rings. The van der Waals surface area contributed by atoms with Crippen molar-refractivity contribution in [1.29, 1.82) is 0 Å². The molecule has 3 nitrogen and oxygen atoms in total. The molecule has 1 rings (SSSR count). The Balaban J connectivity index is 2.75. The van der Waals surface area contributed by atoms with Gasteiger partial charge < -0.3 is 9.53 Å². The lowest BCUT2D eigenvalue weighted by Crippen LogP contribution is -2.28. The first-order chi connectivity index (χ1) is 6.88. The summed E-state index contributed by atoms with van der Waals surface area (Å²) >= 11 is 1.55. The van der Waals surface area contributed by atoms with Crippen molar-refractivity contribution in [3.05, 3.63) is 22.4 Å². The molecule has 0 aliphatic carbocycles. The Morgan fingerprint density at radius 3 is 2.67 bits per heavy atom. The number of thiophene rings is 1. The van der Waals surface area contributed by atoms with Crippen LogP contribution in [0.4, 0.5) is 0 Å². The average molecular weight is 244 g/mol. The number of hydrogen-bond acceptors (Lipinski definition) is 3. The molecular formula is C10H16O3SSi. The van der Waals surface area contributed by atoms with Crippen LogP contribution in [0.2, 0.25) is 19.6 Å². The van der Waals surface area contributed by atoms with Gasteiger partial charge in [0.25, 0.3) is 0 Å². The van der Waals surface area contributed by atoms with Crippen molar-refractivity contribution in [3.8, 4) is 0 Å². The summed E-state index contributed by atoms with van der Waals surface area (Å²) in [7, 11) is -1.70. The molecule has 0 spiro atoms. The van der Waals surface area contributed by atoms with Crippen LogP contribution < -0.4 is 0 Å².